The Balaban J connectivity index is 1.67. The van der Waals surface area contributed by atoms with Crippen LogP contribution >= 0.6 is 0 Å². The van der Waals surface area contributed by atoms with Crippen molar-refractivity contribution in [3.63, 3.8) is 0 Å². The number of hydrogen-bond acceptors (Lipinski definition) is 1. The molecule has 1 heterocycles. The van der Waals surface area contributed by atoms with E-state index in [9.17, 15) is 0 Å². The van der Waals surface area contributed by atoms with Gasteiger partial charge < -0.3 is 0 Å². The van der Waals surface area contributed by atoms with Gasteiger partial charge in [0.2, 0.25) is 0 Å². The van der Waals surface area contributed by atoms with Crippen molar-refractivity contribution in [1.29, 1.82) is 0 Å². The maximum absolute atomic E-state index is 2.61. The van der Waals surface area contributed by atoms with Crippen molar-refractivity contribution in [2.24, 2.45) is 0 Å². The molecule has 1 aliphatic rings. The summed E-state index contributed by atoms with van der Waals surface area (Å²) >= 11 is -2.61. The molecule has 0 bridgehead atoms. The van der Waals surface area contributed by atoms with Crippen molar-refractivity contribution < 1.29 is 0 Å². The molecule has 0 amide bonds. The quantitative estimate of drug-likeness (QED) is 0.169. The Labute approximate surface area is 277 Å². The van der Waals surface area contributed by atoms with E-state index in [4.69, 9.17) is 0 Å². The molecular weight excluding hydrogens is 600 g/mol. The Morgan fingerprint density at radius 2 is 0.978 bits per heavy atom. The summed E-state index contributed by atoms with van der Waals surface area (Å²) in [4.78, 5) is 2.36. The topological polar surface area (TPSA) is 3.24 Å². The zero-order valence-electron chi connectivity index (χ0n) is 29.0. The zero-order valence-corrected chi connectivity index (χ0v) is 31.4. The molecule has 5 aromatic rings. The van der Waals surface area contributed by atoms with Gasteiger partial charge in [0.15, 0.2) is 0 Å². The van der Waals surface area contributed by atoms with Crippen molar-refractivity contribution in [3.8, 4) is 33.4 Å². The van der Waals surface area contributed by atoms with Gasteiger partial charge in [-0.15, -0.1) is 0 Å². The van der Waals surface area contributed by atoms with Crippen LogP contribution in [0.1, 0.15) is 69.4 Å². The summed E-state index contributed by atoms with van der Waals surface area (Å²) in [6, 6.07) is 37.9. The van der Waals surface area contributed by atoms with Gasteiger partial charge >= 0.3 is 279 Å². The summed E-state index contributed by atoms with van der Waals surface area (Å²) in [7, 11) is 4.44. The van der Waals surface area contributed by atoms with E-state index in [1.807, 2.05) is 0 Å². The first-order valence-electron chi connectivity index (χ1n) is 16.5. The fourth-order valence-corrected chi connectivity index (χ4v) is 15.7. The van der Waals surface area contributed by atoms with Crippen molar-refractivity contribution in [2.75, 3.05) is 14.1 Å². The van der Waals surface area contributed by atoms with Gasteiger partial charge in [-0.2, -0.15) is 0 Å². The molecule has 0 saturated carbocycles. The number of rotatable bonds is 5. The second kappa shape index (κ2) is 11.8. The third-order valence-electron chi connectivity index (χ3n) is 9.50. The molecule has 228 valence electrons. The van der Waals surface area contributed by atoms with Gasteiger partial charge in [0.1, 0.15) is 0 Å². The molecule has 0 atom stereocenters. The molecule has 5 aromatic carbocycles. The Morgan fingerprint density at radius 1 is 0.533 bits per heavy atom. The van der Waals surface area contributed by atoms with Crippen LogP contribution in [0.2, 0.25) is 0 Å². The number of aryl methyl sites for hydroxylation is 2. The number of nitrogens with zero attached hydrogens (tertiary/aromatic N) is 1. The van der Waals surface area contributed by atoms with E-state index >= 15 is 0 Å². The van der Waals surface area contributed by atoms with Crippen LogP contribution in [0.4, 0.5) is 0 Å². The van der Waals surface area contributed by atoms with Crippen LogP contribution in [0.3, 0.4) is 0 Å². The van der Waals surface area contributed by atoms with Crippen LogP contribution in [0, 0.1) is 13.8 Å². The van der Waals surface area contributed by atoms with Gasteiger partial charge in [-0.25, -0.2) is 0 Å². The fourth-order valence-electron chi connectivity index (χ4n) is 7.00. The van der Waals surface area contributed by atoms with Crippen molar-refractivity contribution >= 4 is 28.6 Å². The fraction of sp³-hybridized carbons (Fsp3) is 0.302. The van der Waals surface area contributed by atoms with E-state index in [1.165, 1.54) is 61.2 Å². The Kier molecular flexibility index (Phi) is 8.31. The van der Waals surface area contributed by atoms with E-state index in [0.717, 1.165) is 6.54 Å². The average molecular weight is 649 g/mol. The van der Waals surface area contributed by atoms with Gasteiger partial charge in [0.25, 0.3) is 0 Å². The number of fused-ring (bicyclic) bond motifs is 3. The summed E-state index contributed by atoms with van der Waals surface area (Å²) in [5.74, 6) is 0. The van der Waals surface area contributed by atoms with Gasteiger partial charge in [0.05, 0.1) is 0 Å². The van der Waals surface area contributed by atoms with Crippen LogP contribution in [-0.4, -0.2) is 35.2 Å². The minimum atomic E-state index is -2.61. The zero-order chi connectivity index (χ0) is 32.3. The standard InChI is InChI=1S/C26H20.C17H28N.Ga/c1-19-3-7-21(8-4-19)23-11-15-25(16-12-23)26-17-13-24(14-18-26)22-9-5-20(2)6-10-22;1-16(2,3)14-9-13(12-18(7)8)10-15(11-14)17(4,5)6;/h3-15,17H,1-2H3;9,11H,12H2,1-8H3;. The van der Waals surface area contributed by atoms with Crippen molar-refractivity contribution in [3.05, 3.63) is 125 Å². The summed E-state index contributed by atoms with van der Waals surface area (Å²) in [6.45, 7) is 19.6. The van der Waals surface area contributed by atoms with Gasteiger partial charge in [-0.1, -0.05) is 0 Å². The van der Waals surface area contributed by atoms with Crippen LogP contribution in [0.15, 0.2) is 97.1 Å². The average Bonchev–Trinajstić information content (AvgIpc) is 3.29. The predicted octanol–water partition coefficient (Wildman–Crippen LogP) is 8.79. The number of benzene rings is 5. The van der Waals surface area contributed by atoms with Crippen molar-refractivity contribution in [2.45, 2.75) is 72.8 Å². The van der Waals surface area contributed by atoms with E-state index in [-0.39, 0.29) is 10.8 Å². The molecular formula is C43H48GaN. The Morgan fingerprint density at radius 3 is 1.38 bits per heavy atom. The SMILES string of the molecule is Cc1ccc(-c2ccc3[c](c2)[Ga]([c]2c(CN(C)C)cc(C(C)(C)C)cc2C(C)(C)C)[c]2cc(-c4ccc(C)cc4)ccc2-3)cc1. The second-order valence-electron chi connectivity index (χ2n) is 15.6. The van der Waals surface area contributed by atoms with E-state index in [0.29, 0.717) is 0 Å². The molecule has 0 radical (unpaired) electrons. The van der Waals surface area contributed by atoms with Crippen LogP contribution in [0.5, 0.6) is 0 Å². The van der Waals surface area contributed by atoms with Crippen LogP contribution in [-0.2, 0) is 17.4 Å². The van der Waals surface area contributed by atoms with Crippen LogP contribution in [0.25, 0.3) is 33.4 Å². The summed E-state index contributed by atoms with van der Waals surface area (Å²) in [5.41, 5.74) is 15.3. The maximum atomic E-state index is 2.57. The summed E-state index contributed by atoms with van der Waals surface area (Å²) in [6.07, 6.45) is 0. The molecule has 6 rings (SSSR count). The molecule has 1 nitrogen and oxygen atoms in total. The van der Waals surface area contributed by atoms with Gasteiger partial charge in [-0.05, 0) is 0 Å². The van der Waals surface area contributed by atoms with E-state index < -0.39 is 16.2 Å². The predicted molar refractivity (Wildman–Crippen MR) is 198 cm³/mol. The Hall–Kier alpha value is -3.30. The summed E-state index contributed by atoms with van der Waals surface area (Å²) in [5, 5.41) is 0. The first-order valence-corrected chi connectivity index (χ1v) is 20.1. The van der Waals surface area contributed by atoms with E-state index in [1.54, 1.807) is 12.4 Å². The molecule has 1 aliphatic heterocycles. The molecule has 45 heavy (non-hydrogen) atoms. The van der Waals surface area contributed by atoms with Crippen LogP contribution < -0.4 is 12.4 Å². The van der Waals surface area contributed by atoms with Crippen molar-refractivity contribution in [1.82, 2.24) is 4.90 Å². The molecule has 0 saturated heterocycles. The first-order chi connectivity index (χ1) is 21.2. The van der Waals surface area contributed by atoms with E-state index in [2.05, 4.69) is 171 Å². The first kappa shape index (κ1) is 31.7. The second-order valence-corrected chi connectivity index (χ2v) is 21.2. The Bertz CT molecular complexity index is 1770. The third-order valence-corrected chi connectivity index (χ3v) is 16.8. The third kappa shape index (κ3) is 6.26. The summed E-state index contributed by atoms with van der Waals surface area (Å²) < 4.78 is 4.87. The molecule has 0 N–H and O–H groups in total. The normalized spacial score (nSPS) is 12.9. The number of hydrogen-bond donors (Lipinski definition) is 0. The molecule has 0 fully saturated rings. The minimum absolute atomic E-state index is 0.0228. The molecule has 0 spiro atoms. The van der Waals surface area contributed by atoms with Gasteiger partial charge in [0, 0.05) is 0 Å². The van der Waals surface area contributed by atoms with Gasteiger partial charge in [-0.3, -0.25) is 0 Å². The monoisotopic (exact) mass is 647 g/mol. The molecule has 2 heteroatoms. The molecule has 0 unspecified atom stereocenters. The molecule has 0 aliphatic carbocycles. The molecule has 0 aromatic heterocycles.